The van der Waals surface area contributed by atoms with Crippen LogP contribution in [0.5, 0.6) is 0 Å². The Balaban J connectivity index is 1.61. The molecule has 0 N–H and O–H groups in total. The van der Waals surface area contributed by atoms with Crippen LogP contribution in [0, 0.1) is 12.8 Å². The number of aromatic nitrogens is 3. The van der Waals surface area contributed by atoms with Gasteiger partial charge in [-0.25, -0.2) is 0 Å². The van der Waals surface area contributed by atoms with Crippen LogP contribution in [-0.4, -0.2) is 46.0 Å². The molecular weight excluding hydrogens is 344 g/mol. The fourth-order valence-corrected chi connectivity index (χ4v) is 4.08. The number of aryl methyl sites for hydroxylation is 1. The highest BCUT2D eigenvalue weighted by atomic mass is 32.1. The Hall–Kier alpha value is -2.18. The van der Waals surface area contributed by atoms with Crippen LogP contribution in [0.4, 0.5) is 0 Å². The van der Waals surface area contributed by atoms with E-state index in [0.717, 1.165) is 52.3 Å². The predicted molar refractivity (Wildman–Crippen MR) is 104 cm³/mol. The second kappa shape index (κ2) is 7.21. The van der Waals surface area contributed by atoms with Gasteiger partial charge in [-0.3, -0.25) is 9.78 Å². The highest BCUT2D eigenvalue weighted by Gasteiger charge is 2.23. The Bertz CT molecular complexity index is 995. The number of likely N-dealkylation sites (tertiary alicyclic amines) is 1. The lowest BCUT2D eigenvalue weighted by Gasteiger charge is -2.27. The summed E-state index contributed by atoms with van der Waals surface area (Å²) in [7, 11) is 2.09. The van der Waals surface area contributed by atoms with Crippen molar-refractivity contribution < 1.29 is 6.17 Å². The molecule has 2 aromatic heterocycles. The number of carbonyl (C=O) groups is 1. The summed E-state index contributed by atoms with van der Waals surface area (Å²) in [5.74, 6) is 0.299. The van der Waals surface area contributed by atoms with Crippen molar-refractivity contribution in [2.24, 2.45) is 5.92 Å². The minimum Gasteiger partial charge on any atom is -0.306 e. The zero-order valence-corrected chi connectivity index (χ0v) is 15.8. The number of pyridine rings is 1. The molecule has 5 nitrogen and oxygen atoms in total. The second-order valence-corrected chi connectivity index (χ2v) is 8.16. The van der Waals surface area contributed by atoms with Gasteiger partial charge in [0.2, 0.25) is 0 Å². The SMILES string of the molecule is [2H]c1c(CC(=O)C2CCN(C)CC2)ncc2ccc(-c3nnc(C)s3)cc12. The topological polar surface area (TPSA) is 59.0 Å². The van der Waals surface area contributed by atoms with Crippen molar-refractivity contribution in [3.05, 3.63) is 41.1 Å². The summed E-state index contributed by atoms with van der Waals surface area (Å²) in [5.41, 5.74) is 1.51. The van der Waals surface area contributed by atoms with E-state index in [1.165, 1.54) is 11.3 Å². The fourth-order valence-electron chi connectivity index (χ4n) is 3.39. The first-order valence-corrected chi connectivity index (χ1v) is 9.73. The summed E-state index contributed by atoms with van der Waals surface area (Å²) in [6, 6.07) is 6.24. The van der Waals surface area contributed by atoms with Crippen LogP contribution in [0.3, 0.4) is 0 Å². The smallest absolute Gasteiger partial charge is 0.147 e. The summed E-state index contributed by atoms with van der Waals surface area (Å²) >= 11 is 1.53. The molecule has 0 unspecified atom stereocenters. The summed E-state index contributed by atoms with van der Waals surface area (Å²) in [4.78, 5) is 19.4. The van der Waals surface area contributed by atoms with Gasteiger partial charge in [0.25, 0.3) is 0 Å². The Kier molecular flexibility index (Phi) is 4.44. The van der Waals surface area contributed by atoms with Crippen LogP contribution in [0.15, 0.2) is 30.4 Å². The van der Waals surface area contributed by atoms with Crippen LogP contribution in [0.25, 0.3) is 21.3 Å². The number of Topliss-reactive ketones (excluding diaryl/α,β-unsaturated/α-hetero) is 1. The molecule has 0 radical (unpaired) electrons. The lowest BCUT2D eigenvalue weighted by atomic mass is 9.90. The van der Waals surface area contributed by atoms with Gasteiger partial charge in [0.05, 0.1) is 1.37 Å². The van der Waals surface area contributed by atoms with Gasteiger partial charge in [-0.15, -0.1) is 10.2 Å². The molecule has 0 atom stereocenters. The number of nitrogens with zero attached hydrogens (tertiary/aromatic N) is 4. The Morgan fingerprint density at radius 2 is 2.12 bits per heavy atom. The third-order valence-corrected chi connectivity index (χ3v) is 5.87. The van der Waals surface area contributed by atoms with Crippen molar-refractivity contribution in [1.29, 1.82) is 0 Å². The minimum absolute atomic E-state index is 0.0915. The molecular formula is C20H22N4OS. The zero-order valence-electron chi connectivity index (χ0n) is 16.0. The van der Waals surface area contributed by atoms with Crippen LogP contribution < -0.4 is 0 Å². The van der Waals surface area contributed by atoms with Gasteiger partial charge in [-0.1, -0.05) is 23.5 Å². The first-order chi connectivity index (χ1) is 13.0. The summed E-state index contributed by atoms with van der Waals surface area (Å²) < 4.78 is 8.59. The first-order valence-electron chi connectivity index (χ1n) is 9.41. The number of hydrogen-bond acceptors (Lipinski definition) is 6. The van der Waals surface area contributed by atoms with Crippen molar-refractivity contribution in [2.45, 2.75) is 26.2 Å². The molecule has 1 fully saturated rings. The molecule has 0 saturated carbocycles. The van der Waals surface area contributed by atoms with E-state index in [9.17, 15) is 4.79 Å². The van der Waals surface area contributed by atoms with Gasteiger partial charge in [0, 0.05) is 35.2 Å². The van der Waals surface area contributed by atoms with Gasteiger partial charge >= 0.3 is 0 Å². The van der Waals surface area contributed by atoms with E-state index in [4.69, 9.17) is 1.37 Å². The Morgan fingerprint density at radius 3 is 2.85 bits per heavy atom. The molecule has 1 saturated heterocycles. The number of ketones is 1. The van der Waals surface area contributed by atoms with Gasteiger partial charge in [-0.05, 0) is 57.4 Å². The molecule has 0 amide bonds. The van der Waals surface area contributed by atoms with Gasteiger partial charge < -0.3 is 4.90 Å². The number of benzene rings is 1. The number of rotatable bonds is 4. The number of fused-ring (bicyclic) bond motifs is 1. The van der Waals surface area contributed by atoms with Gasteiger partial charge in [-0.2, -0.15) is 0 Å². The predicted octanol–water partition coefficient (Wildman–Crippen LogP) is 3.52. The molecule has 134 valence electrons. The maximum atomic E-state index is 12.7. The maximum Gasteiger partial charge on any atom is 0.147 e. The van der Waals surface area contributed by atoms with Crippen molar-refractivity contribution in [1.82, 2.24) is 20.1 Å². The standard InChI is InChI=1S/C20H22N4OS/c1-13-22-23-20(26-13)15-3-4-16-12-21-18(10-17(16)9-15)11-19(25)14-5-7-24(2)8-6-14/h3-4,9-10,12,14H,5-8,11H2,1-2H3/i10D. The van der Waals surface area contributed by atoms with Crippen molar-refractivity contribution in [3.8, 4) is 10.6 Å². The lowest BCUT2D eigenvalue weighted by Crippen LogP contribution is -2.34. The van der Waals surface area contributed by atoms with E-state index >= 15 is 0 Å². The zero-order chi connectivity index (χ0) is 19.0. The number of piperidine rings is 1. The molecule has 0 bridgehead atoms. The van der Waals surface area contributed by atoms with Crippen LogP contribution in [0.2, 0.25) is 0 Å². The molecule has 1 aliphatic rings. The Labute approximate surface area is 158 Å². The average molecular weight is 367 g/mol. The van der Waals surface area contributed by atoms with Crippen molar-refractivity contribution in [2.75, 3.05) is 20.1 Å². The molecule has 26 heavy (non-hydrogen) atoms. The molecule has 3 aromatic rings. The largest absolute Gasteiger partial charge is 0.306 e. The summed E-state index contributed by atoms with van der Waals surface area (Å²) in [5, 5.41) is 11.7. The van der Waals surface area contributed by atoms with Crippen molar-refractivity contribution in [3.63, 3.8) is 0 Å². The molecule has 0 aliphatic carbocycles. The summed E-state index contributed by atoms with van der Waals surface area (Å²) in [6.07, 6.45) is 3.80. The van der Waals surface area contributed by atoms with Crippen LogP contribution in [0.1, 0.15) is 24.9 Å². The molecule has 1 aliphatic heterocycles. The minimum atomic E-state index is 0.0915. The molecule has 3 heterocycles. The molecule has 6 heteroatoms. The van der Waals surface area contributed by atoms with E-state index in [1.54, 1.807) is 6.20 Å². The monoisotopic (exact) mass is 367 g/mol. The first kappa shape index (κ1) is 16.0. The van der Waals surface area contributed by atoms with E-state index in [0.29, 0.717) is 11.7 Å². The van der Waals surface area contributed by atoms with Crippen LogP contribution >= 0.6 is 11.3 Å². The van der Waals surface area contributed by atoms with Gasteiger partial charge in [0.15, 0.2) is 0 Å². The third-order valence-electron chi connectivity index (χ3n) is 4.98. The fraction of sp³-hybridized carbons (Fsp3) is 0.400. The molecule has 0 spiro atoms. The van der Waals surface area contributed by atoms with E-state index in [-0.39, 0.29) is 18.1 Å². The number of carbonyl (C=O) groups excluding carboxylic acids is 1. The van der Waals surface area contributed by atoms with Crippen LogP contribution in [-0.2, 0) is 11.2 Å². The second-order valence-electron chi connectivity index (χ2n) is 6.98. The quantitative estimate of drug-likeness (QED) is 0.706. The Morgan fingerprint density at radius 1 is 1.31 bits per heavy atom. The van der Waals surface area contributed by atoms with E-state index in [1.807, 2.05) is 25.1 Å². The normalized spacial score (nSPS) is 16.8. The van der Waals surface area contributed by atoms with E-state index < -0.39 is 0 Å². The highest BCUT2D eigenvalue weighted by molar-refractivity contribution is 7.14. The van der Waals surface area contributed by atoms with Crippen molar-refractivity contribution >= 4 is 27.9 Å². The molecule has 1 aromatic carbocycles. The average Bonchev–Trinajstić information content (AvgIpc) is 3.11. The highest BCUT2D eigenvalue weighted by Crippen LogP contribution is 2.27. The molecule has 4 rings (SSSR count). The third kappa shape index (κ3) is 3.66. The lowest BCUT2D eigenvalue weighted by molar-refractivity contribution is -0.123. The van der Waals surface area contributed by atoms with E-state index in [2.05, 4.69) is 27.1 Å². The van der Waals surface area contributed by atoms with Gasteiger partial charge in [0.1, 0.15) is 15.8 Å². The summed E-state index contributed by atoms with van der Waals surface area (Å²) in [6.45, 7) is 3.84. The maximum absolute atomic E-state index is 12.7. The number of hydrogen-bond donors (Lipinski definition) is 0.